The molecule has 3 heteroatoms. The monoisotopic (exact) mass is 295 g/mol. The maximum absolute atomic E-state index is 6.83. The summed E-state index contributed by atoms with van der Waals surface area (Å²) in [5, 5.41) is 0. The molecule has 3 nitrogen and oxygen atoms in total. The van der Waals surface area contributed by atoms with Gasteiger partial charge in [0.05, 0.1) is 11.2 Å². The van der Waals surface area contributed by atoms with Crippen LogP contribution < -0.4 is 5.73 Å². The van der Waals surface area contributed by atoms with Crippen molar-refractivity contribution in [3.8, 4) is 0 Å². The first-order chi connectivity index (χ1) is 10.1. The molecule has 0 radical (unpaired) electrons. The van der Waals surface area contributed by atoms with Gasteiger partial charge >= 0.3 is 0 Å². The Balaban J connectivity index is 1.72. The van der Waals surface area contributed by atoms with Gasteiger partial charge in [-0.25, -0.2) is 0 Å². The van der Waals surface area contributed by atoms with Crippen molar-refractivity contribution in [3.63, 3.8) is 0 Å². The topological polar surface area (TPSA) is 44.5 Å². The van der Waals surface area contributed by atoms with Gasteiger partial charge in [0.15, 0.2) is 0 Å². The lowest BCUT2D eigenvalue weighted by Crippen LogP contribution is -2.59. The molecular formula is C18H33NO2. The van der Waals surface area contributed by atoms with Crippen LogP contribution in [0.3, 0.4) is 0 Å². The normalized spacial score (nSPS) is 40.7. The van der Waals surface area contributed by atoms with E-state index in [1.807, 2.05) is 0 Å². The summed E-state index contributed by atoms with van der Waals surface area (Å²) < 4.78 is 12.4. The molecule has 0 aromatic rings. The second kappa shape index (κ2) is 6.17. The molecule has 3 fully saturated rings. The smallest absolute Gasteiger partial charge is 0.0837 e. The fourth-order valence-electron chi connectivity index (χ4n) is 5.08. The average molecular weight is 295 g/mol. The SMILES string of the molecule is CCOC1(C(N)C2CCOC3(CCC3)C2)CCCC(C)C1. The van der Waals surface area contributed by atoms with E-state index in [0.29, 0.717) is 5.92 Å². The first-order valence-electron chi connectivity index (χ1n) is 9.13. The Bertz CT molecular complexity index is 351. The Kier molecular flexibility index (Phi) is 4.63. The first kappa shape index (κ1) is 15.8. The van der Waals surface area contributed by atoms with Gasteiger partial charge in [0.25, 0.3) is 0 Å². The van der Waals surface area contributed by atoms with Gasteiger partial charge < -0.3 is 15.2 Å². The average Bonchev–Trinajstić information content (AvgIpc) is 2.45. The van der Waals surface area contributed by atoms with Crippen molar-refractivity contribution >= 4 is 0 Å². The highest BCUT2D eigenvalue weighted by atomic mass is 16.5. The molecule has 0 aromatic heterocycles. The van der Waals surface area contributed by atoms with Gasteiger partial charge in [-0.2, -0.15) is 0 Å². The molecular weight excluding hydrogens is 262 g/mol. The third kappa shape index (κ3) is 3.02. The quantitative estimate of drug-likeness (QED) is 0.861. The summed E-state index contributed by atoms with van der Waals surface area (Å²) in [6.07, 6.45) is 11.0. The first-order valence-corrected chi connectivity index (χ1v) is 9.13. The summed E-state index contributed by atoms with van der Waals surface area (Å²) in [7, 11) is 0. The van der Waals surface area contributed by atoms with Gasteiger partial charge in [-0.15, -0.1) is 0 Å². The minimum Gasteiger partial charge on any atom is -0.375 e. The lowest BCUT2D eigenvalue weighted by molar-refractivity contribution is -0.166. The Labute approximate surface area is 129 Å². The van der Waals surface area contributed by atoms with E-state index in [1.54, 1.807) is 0 Å². The molecule has 1 aliphatic heterocycles. The predicted molar refractivity (Wildman–Crippen MR) is 85.2 cm³/mol. The minimum atomic E-state index is -0.0701. The summed E-state index contributed by atoms with van der Waals surface area (Å²) in [4.78, 5) is 0. The standard InChI is InChI=1S/C18H33NO2/c1-3-20-18(10-4-6-14(2)12-18)16(19)15-7-11-21-17(13-15)8-5-9-17/h14-16H,3-13,19H2,1-2H3. The number of rotatable bonds is 4. The third-order valence-electron chi connectivity index (χ3n) is 6.33. The van der Waals surface area contributed by atoms with Crippen molar-refractivity contribution in [2.75, 3.05) is 13.2 Å². The highest BCUT2D eigenvalue weighted by molar-refractivity contribution is 5.03. The largest absolute Gasteiger partial charge is 0.375 e. The van der Waals surface area contributed by atoms with E-state index in [0.717, 1.165) is 44.8 Å². The molecule has 2 N–H and O–H groups in total. The molecule has 21 heavy (non-hydrogen) atoms. The number of nitrogens with two attached hydrogens (primary N) is 1. The molecule has 2 aliphatic carbocycles. The minimum absolute atomic E-state index is 0.0701. The molecule has 1 spiro atoms. The Morgan fingerprint density at radius 3 is 2.62 bits per heavy atom. The summed E-state index contributed by atoms with van der Waals surface area (Å²) in [6, 6.07) is 0.182. The molecule has 0 amide bonds. The van der Waals surface area contributed by atoms with E-state index < -0.39 is 0 Å². The van der Waals surface area contributed by atoms with Crippen LogP contribution in [0.5, 0.6) is 0 Å². The lowest BCUT2D eigenvalue weighted by atomic mass is 9.65. The van der Waals surface area contributed by atoms with E-state index in [4.69, 9.17) is 15.2 Å². The summed E-state index contributed by atoms with van der Waals surface area (Å²) >= 11 is 0. The molecule has 0 aromatic carbocycles. The van der Waals surface area contributed by atoms with Crippen molar-refractivity contribution in [1.29, 1.82) is 0 Å². The molecule has 1 heterocycles. The van der Waals surface area contributed by atoms with Crippen LogP contribution in [0.25, 0.3) is 0 Å². The Hall–Kier alpha value is -0.120. The van der Waals surface area contributed by atoms with Crippen molar-refractivity contribution < 1.29 is 9.47 Å². The number of hydrogen-bond acceptors (Lipinski definition) is 3. The van der Waals surface area contributed by atoms with Crippen LogP contribution in [0, 0.1) is 11.8 Å². The fraction of sp³-hybridized carbons (Fsp3) is 1.00. The van der Waals surface area contributed by atoms with Crippen molar-refractivity contribution in [3.05, 3.63) is 0 Å². The van der Waals surface area contributed by atoms with Gasteiger partial charge in [0.2, 0.25) is 0 Å². The van der Waals surface area contributed by atoms with Crippen LogP contribution in [0.1, 0.15) is 71.6 Å². The van der Waals surface area contributed by atoms with E-state index in [1.165, 1.54) is 32.1 Å². The zero-order chi connectivity index (χ0) is 14.9. The predicted octanol–water partition coefficient (Wildman–Crippen LogP) is 3.65. The second-order valence-electron chi connectivity index (χ2n) is 7.86. The Morgan fingerprint density at radius 1 is 1.19 bits per heavy atom. The van der Waals surface area contributed by atoms with E-state index in [2.05, 4.69) is 13.8 Å². The van der Waals surface area contributed by atoms with Gasteiger partial charge in [-0.1, -0.05) is 19.8 Å². The maximum atomic E-state index is 6.83. The molecule has 1 saturated heterocycles. The van der Waals surface area contributed by atoms with Crippen LogP contribution in [-0.2, 0) is 9.47 Å². The number of hydrogen-bond donors (Lipinski definition) is 1. The lowest BCUT2D eigenvalue weighted by Gasteiger charge is -2.52. The van der Waals surface area contributed by atoms with Gasteiger partial charge in [0.1, 0.15) is 0 Å². The zero-order valence-corrected chi connectivity index (χ0v) is 13.9. The van der Waals surface area contributed by atoms with Gasteiger partial charge in [0, 0.05) is 19.3 Å². The van der Waals surface area contributed by atoms with E-state index in [-0.39, 0.29) is 17.2 Å². The molecule has 4 unspecified atom stereocenters. The Morgan fingerprint density at radius 2 is 2.00 bits per heavy atom. The molecule has 3 rings (SSSR count). The molecule has 4 atom stereocenters. The fourth-order valence-corrected chi connectivity index (χ4v) is 5.08. The number of ether oxygens (including phenoxy) is 2. The van der Waals surface area contributed by atoms with E-state index in [9.17, 15) is 0 Å². The highest BCUT2D eigenvalue weighted by Gasteiger charge is 2.49. The molecule has 2 saturated carbocycles. The summed E-state index contributed by atoms with van der Waals surface area (Å²) in [6.45, 7) is 6.16. The molecule has 122 valence electrons. The van der Waals surface area contributed by atoms with E-state index >= 15 is 0 Å². The van der Waals surface area contributed by atoms with Gasteiger partial charge in [-0.05, 0) is 63.7 Å². The summed E-state index contributed by atoms with van der Waals surface area (Å²) in [5.41, 5.74) is 6.94. The highest BCUT2D eigenvalue weighted by Crippen LogP contribution is 2.48. The molecule has 0 bridgehead atoms. The second-order valence-corrected chi connectivity index (χ2v) is 7.86. The van der Waals surface area contributed by atoms with Crippen LogP contribution in [0.15, 0.2) is 0 Å². The zero-order valence-electron chi connectivity index (χ0n) is 13.9. The van der Waals surface area contributed by atoms with Gasteiger partial charge in [-0.3, -0.25) is 0 Å². The van der Waals surface area contributed by atoms with Crippen LogP contribution >= 0.6 is 0 Å². The van der Waals surface area contributed by atoms with Crippen molar-refractivity contribution in [2.24, 2.45) is 17.6 Å². The van der Waals surface area contributed by atoms with Crippen molar-refractivity contribution in [1.82, 2.24) is 0 Å². The summed E-state index contributed by atoms with van der Waals surface area (Å²) in [5.74, 6) is 1.32. The van der Waals surface area contributed by atoms with Crippen LogP contribution in [0.2, 0.25) is 0 Å². The molecule has 3 aliphatic rings. The van der Waals surface area contributed by atoms with Crippen LogP contribution in [0.4, 0.5) is 0 Å². The van der Waals surface area contributed by atoms with Crippen molar-refractivity contribution in [2.45, 2.75) is 88.9 Å². The van der Waals surface area contributed by atoms with Crippen LogP contribution in [-0.4, -0.2) is 30.5 Å². The third-order valence-corrected chi connectivity index (χ3v) is 6.33. The maximum Gasteiger partial charge on any atom is 0.0837 e.